The molecule has 0 saturated heterocycles. The molecule has 0 aliphatic heterocycles. The van der Waals surface area contributed by atoms with Gasteiger partial charge < -0.3 is 14.8 Å². The topological polar surface area (TPSA) is 71.3 Å². The van der Waals surface area contributed by atoms with Gasteiger partial charge >= 0.3 is 0 Å². The van der Waals surface area contributed by atoms with Gasteiger partial charge in [0.15, 0.2) is 11.5 Å². The summed E-state index contributed by atoms with van der Waals surface area (Å²) in [5.74, 6) is 0.627. The van der Waals surface area contributed by atoms with Crippen molar-refractivity contribution in [1.29, 1.82) is 5.26 Å². The summed E-state index contributed by atoms with van der Waals surface area (Å²) >= 11 is 5.86. The van der Waals surface area contributed by atoms with Crippen molar-refractivity contribution in [3.05, 3.63) is 94.5 Å². The molecule has 6 heteroatoms. The summed E-state index contributed by atoms with van der Waals surface area (Å²) in [5, 5.41) is 12.7. The molecule has 0 spiro atoms. The van der Waals surface area contributed by atoms with Crippen molar-refractivity contribution in [2.45, 2.75) is 13.5 Å². The minimum atomic E-state index is -0.507. The van der Waals surface area contributed by atoms with E-state index in [0.29, 0.717) is 41.0 Å². The van der Waals surface area contributed by atoms with Crippen LogP contribution in [-0.2, 0) is 11.4 Å². The van der Waals surface area contributed by atoms with E-state index in [1.54, 1.807) is 42.5 Å². The van der Waals surface area contributed by atoms with Gasteiger partial charge in [-0.15, -0.1) is 0 Å². The Kier molecular flexibility index (Phi) is 7.69. The Morgan fingerprint density at radius 3 is 2.45 bits per heavy atom. The third-order valence-corrected chi connectivity index (χ3v) is 4.53. The molecule has 0 fully saturated rings. The summed E-state index contributed by atoms with van der Waals surface area (Å²) in [6, 6.07) is 23.7. The van der Waals surface area contributed by atoms with Gasteiger partial charge in [-0.25, -0.2) is 0 Å². The van der Waals surface area contributed by atoms with Crippen molar-refractivity contribution < 1.29 is 14.3 Å². The molecule has 0 atom stereocenters. The summed E-state index contributed by atoms with van der Waals surface area (Å²) < 4.78 is 11.6. The van der Waals surface area contributed by atoms with Crippen molar-refractivity contribution in [3.8, 4) is 17.6 Å². The van der Waals surface area contributed by atoms with E-state index in [2.05, 4.69) is 5.32 Å². The first-order valence-corrected chi connectivity index (χ1v) is 10.1. The van der Waals surface area contributed by atoms with E-state index in [0.717, 1.165) is 5.56 Å². The van der Waals surface area contributed by atoms with Gasteiger partial charge in [0, 0.05) is 10.7 Å². The molecule has 3 aromatic rings. The van der Waals surface area contributed by atoms with E-state index in [1.165, 1.54) is 6.08 Å². The van der Waals surface area contributed by atoms with Crippen LogP contribution in [-0.4, -0.2) is 12.5 Å². The lowest BCUT2D eigenvalue weighted by atomic mass is 10.1. The first kappa shape index (κ1) is 21.9. The summed E-state index contributed by atoms with van der Waals surface area (Å²) in [6.07, 6.45) is 1.51. The Bertz CT molecular complexity index is 1100. The van der Waals surface area contributed by atoms with Crippen LogP contribution in [0.5, 0.6) is 11.5 Å². The molecule has 1 amide bonds. The van der Waals surface area contributed by atoms with Gasteiger partial charge in [-0.3, -0.25) is 4.79 Å². The molecule has 0 unspecified atom stereocenters. The number of nitrogens with one attached hydrogen (secondary N) is 1. The smallest absolute Gasteiger partial charge is 0.266 e. The first-order chi connectivity index (χ1) is 15.1. The highest BCUT2D eigenvalue weighted by atomic mass is 35.5. The van der Waals surface area contributed by atoms with Gasteiger partial charge in [0.05, 0.1) is 6.61 Å². The van der Waals surface area contributed by atoms with E-state index in [4.69, 9.17) is 21.1 Å². The molecule has 0 bridgehead atoms. The number of nitriles is 1. The monoisotopic (exact) mass is 432 g/mol. The van der Waals surface area contributed by atoms with Gasteiger partial charge in [-0.1, -0.05) is 48.0 Å². The van der Waals surface area contributed by atoms with Crippen LogP contribution in [0.2, 0.25) is 5.02 Å². The molecule has 0 aliphatic carbocycles. The van der Waals surface area contributed by atoms with Crippen molar-refractivity contribution in [1.82, 2.24) is 0 Å². The van der Waals surface area contributed by atoms with E-state index >= 15 is 0 Å². The fourth-order valence-electron chi connectivity index (χ4n) is 2.78. The zero-order valence-electron chi connectivity index (χ0n) is 17.0. The fraction of sp³-hybridized carbons (Fsp3) is 0.120. The molecule has 3 aromatic carbocycles. The molecule has 3 rings (SSSR count). The number of benzene rings is 3. The number of anilines is 1. The quantitative estimate of drug-likeness (QED) is 0.357. The number of halogens is 1. The van der Waals surface area contributed by atoms with Gasteiger partial charge in [0.25, 0.3) is 5.91 Å². The highest BCUT2D eigenvalue weighted by Gasteiger charge is 2.12. The van der Waals surface area contributed by atoms with Crippen LogP contribution < -0.4 is 14.8 Å². The molecular weight excluding hydrogens is 412 g/mol. The van der Waals surface area contributed by atoms with Crippen LogP contribution in [0.15, 0.2) is 78.4 Å². The molecule has 0 aliphatic rings. The summed E-state index contributed by atoms with van der Waals surface area (Å²) in [6.45, 7) is 2.74. The molecule has 156 valence electrons. The van der Waals surface area contributed by atoms with E-state index in [-0.39, 0.29) is 5.57 Å². The molecule has 1 N–H and O–H groups in total. The van der Waals surface area contributed by atoms with Crippen LogP contribution in [0.3, 0.4) is 0 Å². The van der Waals surface area contributed by atoms with Crippen molar-refractivity contribution in [2.24, 2.45) is 0 Å². The van der Waals surface area contributed by atoms with Gasteiger partial charge in [0.1, 0.15) is 18.2 Å². The number of ether oxygens (including phenoxy) is 2. The lowest BCUT2D eigenvalue weighted by Gasteiger charge is -2.13. The molecule has 0 radical (unpaired) electrons. The minimum Gasteiger partial charge on any atom is -0.490 e. The summed E-state index contributed by atoms with van der Waals surface area (Å²) in [5.41, 5.74) is 2.21. The number of hydrogen-bond acceptors (Lipinski definition) is 4. The number of hydrogen-bond donors (Lipinski definition) is 1. The standard InChI is InChI=1S/C25H21ClN2O3/c1-2-30-24-15-19(8-13-23(24)31-17-18-6-4-3-5-7-18)14-20(16-27)25(29)28-22-11-9-21(26)10-12-22/h3-15H,2,17H2,1H3,(H,28,29)/b20-14-. The number of carbonyl (C=O) groups is 1. The second-order valence-corrected chi connectivity index (χ2v) is 6.98. The Hall–Kier alpha value is -3.75. The zero-order valence-corrected chi connectivity index (χ0v) is 17.7. The van der Waals surface area contributed by atoms with E-state index < -0.39 is 5.91 Å². The predicted octanol–water partition coefficient (Wildman–Crippen LogP) is 5.86. The Morgan fingerprint density at radius 1 is 1.03 bits per heavy atom. The molecule has 5 nitrogen and oxygen atoms in total. The third-order valence-electron chi connectivity index (χ3n) is 4.28. The average molecular weight is 433 g/mol. The number of carbonyl (C=O) groups excluding carboxylic acids is 1. The van der Waals surface area contributed by atoms with Crippen molar-refractivity contribution in [3.63, 3.8) is 0 Å². The molecule has 0 saturated carbocycles. The second-order valence-electron chi connectivity index (χ2n) is 6.54. The number of amides is 1. The van der Waals surface area contributed by atoms with Crippen LogP contribution >= 0.6 is 11.6 Å². The maximum atomic E-state index is 12.5. The maximum absolute atomic E-state index is 12.5. The van der Waals surface area contributed by atoms with Crippen LogP contribution in [0.25, 0.3) is 6.08 Å². The third kappa shape index (κ3) is 6.36. The second kappa shape index (κ2) is 10.9. The summed E-state index contributed by atoms with van der Waals surface area (Å²) in [4.78, 5) is 12.5. The average Bonchev–Trinajstić information content (AvgIpc) is 2.79. The lowest BCUT2D eigenvalue weighted by molar-refractivity contribution is -0.112. The Morgan fingerprint density at radius 2 is 1.77 bits per heavy atom. The maximum Gasteiger partial charge on any atom is 0.266 e. The number of nitrogens with zero attached hydrogens (tertiary/aromatic N) is 1. The lowest BCUT2D eigenvalue weighted by Crippen LogP contribution is -2.13. The Labute approximate surface area is 186 Å². The van der Waals surface area contributed by atoms with E-state index in [1.807, 2.05) is 43.3 Å². The number of rotatable bonds is 8. The van der Waals surface area contributed by atoms with Crippen LogP contribution in [0.1, 0.15) is 18.1 Å². The van der Waals surface area contributed by atoms with E-state index in [9.17, 15) is 10.1 Å². The zero-order chi connectivity index (χ0) is 22.1. The highest BCUT2D eigenvalue weighted by Crippen LogP contribution is 2.30. The molecule has 0 aromatic heterocycles. The van der Waals surface area contributed by atoms with Crippen molar-refractivity contribution >= 4 is 29.3 Å². The Balaban J connectivity index is 1.77. The van der Waals surface area contributed by atoms with Gasteiger partial charge in [-0.2, -0.15) is 5.26 Å². The minimum absolute atomic E-state index is 0.0321. The summed E-state index contributed by atoms with van der Waals surface area (Å²) in [7, 11) is 0. The SMILES string of the molecule is CCOc1cc(/C=C(/C#N)C(=O)Nc2ccc(Cl)cc2)ccc1OCc1ccccc1. The van der Waals surface area contributed by atoms with Crippen LogP contribution in [0.4, 0.5) is 5.69 Å². The normalized spacial score (nSPS) is 10.8. The molecule has 31 heavy (non-hydrogen) atoms. The molecule has 0 heterocycles. The van der Waals surface area contributed by atoms with Gasteiger partial charge in [-0.05, 0) is 60.5 Å². The first-order valence-electron chi connectivity index (χ1n) is 9.71. The van der Waals surface area contributed by atoms with Gasteiger partial charge in [0.2, 0.25) is 0 Å². The highest BCUT2D eigenvalue weighted by molar-refractivity contribution is 6.30. The van der Waals surface area contributed by atoms with Crippen molar-refractivity contribution in [2.75, 3.05) is 11.9 Å². The van der Waals surface area contributed by atoms with Crippen LogP contribution in [0, 0.1) is 11.3 Å². The fourth-order valence-corrected chi connectivity index (χ4v) is 2.91. The largest absolute Gasteiger partial charge is 0.490 e. The predicted molar refractivity (Wildman–Crippen MR) is 122 cm³/mol. The molecular formula is C25H21ClN2O3.